The zero-order chi connectivity index (χ0) is 28.8. The van der Waals surface area contributed by atoms with Gasteiger partial charge in [0.05, 0.1) is 10.5 Å². The van der Waals surface area contributed by atoms with Gasteiger partial charge >= 0.3 is 6.18 Å². The van der Waals surface area contributed by atoms with Crippen LogP contribution in [0, 0.1) is 0 Å². The molecule has 0 aliphatic carbocycles. The largest absolute Gasteiger partial charge is 0.417 e. The number of alkyl halides is 3. The molecule has 4 nitrogen and oxygen atoms in total. The summed E-state index contributed by atoms with van der Waals surface area (Å²) in [5.74, 6) is -1.07. The smallest absolute Gasteiger partial charge is 0.269 e. The molecule has 4 aromatic rings. The minimum atomic E-state index is -4.89. The second-order valence-electron chi connectivity index (χ2n) is 8.86. The third-order valence-electron chi connectivity index (χ3n) is 6.18. The number of sulfonamides is 1. The van der Waals surface area contributed by atoms with E-state index in [2.05, 4.69) is 19.1 Å². The highest BCUT2D eigenvalue weighted by Crippen LogP contribution is 2.35. The first kappa shape index (κ1) is 28.6. The van der Waals surface area contributed by atoms with E-state index in [-0.39, 0.29) is 0 Å². The summed E-state index contributed by atoms with van der Waals surface area (Å²) in [6.45, 7) is 2.10. The summed E-state index contributed by atoms with van der Waals surface area (Å²) in [7, 11) is -4.74. The maximum absolute atomic E-state index is 13.3. The number of hydrogen-bond donors (Lipinski definition) is 1. The quantitative estimate of drug-likeness (QED) is 0.178. The van der Waals surface area contributed by atoms with Crippen LogP contribution in [0.5, 0.6) is 0 Å². The normalized spacial score (nSPS) is 12.7. The molecule has 1 amide bonds. The van der Waals surface area contributed by atoms with Crippen LogP contribution in [-0.2, 0) is 21.0 Å². The van der Waals surface area contributed by atoms with Gasteiger partial charge in [0.25, 0.3) is 15.9 Å². The van der Waals surface area contributed by atoms with Crippen LogP contribution >= 0.6 is 0 Å². The predicted octanol–water partition coefficient (Wildman–Crippen LogP) is 7.59. The average Bonchev–Trinajstić information content (AvgIpc) is 2.95. The Hall–Kier alpha value is -4.43. The summed E-state index contributed by atoms with van der Waals surface area (Å²) in [6.07, 6.45) is -1.73. The lowest BCUT2D eigenvalue weighted by Gasteiger charge is -2.16. The van der Waals surface area contributed by atoms with Crippen LogP contribution in [0.2, 0.25) is 0 Å². The Labute approximate surface area is 231 Å². The molecule has 4 aromatic carbocycles. The topological polar surface area (TPSA) is 63.2 Å². The summed E-state index contributed by atoms with van der Waals surface area (Å²) >= 11 is 0. The third kappa shape index (κ3) is 6.76. The Kier molecular flexibility index (Phi) is 8.70. The molecule has 1 N–H and O–H groups in total. The zero-order valence-electron chi connectivity index (χ0n) is 21.5. The Morgan fingerprint density at radius 1 is 0.750 bits per heavy atom. The molecule has 0 fully saturated rings. The van der Waals surface area contributed by atoms with E-state index < -0.39 is 32.6 Å². The molecular weight excluding hydrogens is 535 g/mol. The van der Waals surface area contributed by atoms with Crippen LogP contribution in [0.3, 0.4) is 0 Å². The van der Waals surface area contributed by atoms with Crippen molar-refractivity contribution in [2.24, 2.45) is 0 Å². The van der Waals surface area contributed by atoms with Crippen molar-refractivity contribution in [3.63, 3.8) is 0 Å². The molecule has 0 saturated carbocycles. The van der Waals surface area contributed by atoms with Gasteiger partial charge in [-0.05, 0) is 58.0 Å². The lowest BCUT2D eigenvalue weighted by Crippen LogP contribution is -2.30. The molecule has 0 aliphatic heterocycles. The molecule has 0 unspecified atom stereocenters. The van der Waals surface area contributed by atoms with Crippen molar-refractivity contribution in [3.8, 4) is 0 Å². The molecule has 0 aromatic heterocycles. The fourth-order valence-electron chi connectivity index (χ4n) is 4.37. The number of nitrogens with one attached hydrogen (secondary N) is 1. The van der Waals surface area contributed by atoms with E-state index in [9.17, 15) is 26.4 Å². The van der Waals surface area contributed by atoms with Crippen LogP contribution < -0.4 is 4.72 Å². The van der Waals surface area contributed by atoms with Gasteiger partial charge in [-0.15, -0.1) is 0 Å². The Morgan fingerprint density at radius 2 is 1.27 bits per heavy atom. The summed E-state index contributed by atoms with van der Waals surface area (Å²) in [5, 5.41) is 0. The van der Waals surface area contributed by atoms with Crippen LogP contribution in [0.25, 0.3) is 17.2 Å². The third-order valence-corrected chi connectivity index (χ3v) is 7.59. The van der Waals surface area contributed by atoms with E-state index in [4.69, 9.17) is 0 Å². The molecule has 0 aliphatic rings. The number of halogens is 3. The van der Waals surface area contributed by atoms with Gasteiger partial charge in [0.2, 0.25) is 0 Å². The second kappa shape index (κ2) is 12.2. The molecule has 0 bridgehead atoms. The number of allylic oxidation sites excluding steroid dienone is 1. The molecule has 40 heavy (non-hydrogen) atoms. The number of rotatable bonds is 8. The SMILES string of the molecule is CC/C(=C(\c1ccccc1)c1ccc(/C=C/C(=O)NS(=O)(=O)c2ccccc2C(F)(F)F)cc1)c1ccccc1. The minimum absolute atomic E-state index is 0.608. The van der Waals surface area contributed by atoms with Crippen molar-refractivity contribution in [2.75, 3.05) is 0 Å². The van der Waals surface area contributed by atoms with Crippen LogP contribution in [0.15, 0.2) is 120 Å². The molecule has 0 radical (unpaired) electrons. The first-order valence-corrected chi connectivity index (χ1v) is 13.9. The van der Waals surface area contributed by atoms with E-state index in [1.54, 1.807) is 16.9 Å². The monoisotopic (exact) mass is 561 g/mol. The predicted molar refractivity (Wildman–Crippen MR) is 151 cm³/mol. The van der Waals surface area contributed by atoms with Crippen LogP contribution in [-0.4, -0.2) is 14.3 Å². The fraction of sp³-hybridized carbons (Fsp3) is 0.0938. The van der Waals surface area contributed by atoms with Gasteiger partial charge in [0, 0.05) is 6.08 Å². The lowest BCUT2D eigenvalue weighted by molar-refractivity contribution is -0.140. The van der Waals surface area contributed by atoms with Gasteiger partial charge in [-0.2, -0.15) is 13.2 Å². The number of carbonyl (C=O) groups excluding carboxylic acids is 1. The summed E-state index contributed by atoms with van der Waals surface area (Å²) < 4.78 is 66.5. The number of amides is 1. The highest BCUT2D eigenvalue weighted by atomic mass is 32.2. The number of carbonyl (C=O) groups is 1. The molecule has 0 saturated heterocycles. The minimum Gasteiger partial charge on any atom is -0.269 e. The van der Waals surface area contributed by atoms with Gasteiger partial charge in [-0.25, -0.2) is 13.1 Å². The summed E-state index contributed by atoms with van der Waals surface area (Å²) in [5.41, 5.74) is 4.61. The number of benzene rings is 4. The molecule has 8 heteroatoms. The molecule has 0 atom stereocenters. The maximum Gasteiger partial charge on any atom is 0.417 e. The lowest BCUT2D eigenvalue weighted by atomic mass is 9.88. The van der Waals surface area contributed by atoms with Gasteiger partial charge < -0.3 is 0 Å². The van der Waals surface area contributed by atoms with E-state index in [1.807, 2.05) is 60.7 Å². The molecule has 204 valence electrons. The first-order chi connectivity index (χ1) is 19.1. The molecular formula is C32H26F3NO3S. The van der Waals surface area contributed by atoms with Crippen molar-refractivity contribution in [3.05, 3.63) is 143 Å². The van der Waals surface area contributed by atoms with Gasteiger partial charge in [0.15, 0.2) is 0 Å². The molecule has 0 heterocycles. The van der Waals surface area contributed by atoms with Crippen molar-refractivity contribution >= 4 is 33.2 Å². The highest BCUT2D eigenvalue weighted by molar-refractivity contribution is 7.90. The number of hydrogen-bond acceptors (Lipinski definition) is 3. The zero-order valence-corrected chi connectivity index (χ0v) is 22.3. The highest BCUT2D eigenvalue weighted by Gasteiger charge is 2.37. The van der Waals surface area contributed by atoms with Crippen LogP contribution in [0.4, 0.5) is 13.2 Å². The Balaban J connectivity index is 1.59. The van der Waals surface area contributed by atoms with Crippen molar-refractivity contribution in [1.82, 2.24) is 4.72 Å². The van der Waals surface area contributed by atoms with E-state index in [0.29, 0.717) is 11.6 Å². The van der Waals surface area contributed by atoms with Gasteiger partial charge in [-0.3, -0.25) is 4.79 Å². The molecule has 4 rings (SSSR count). The van der Waals surface area contributed by atoms with Gasteiger partial charge in [0.1, 0.15) is 0 Å². The standard InChI is InChI=1S/C32H26F3NO3S/c1-2-27(24-11-5-3-6-12-24)31(25-13-7-4-8-14-25)26-20-17-23(18-21-26)19-22-30(37)36-40(38,39)29-16-10-9-15-28(29)32(33,34)35/h3-22H,2H2,1H3,(H,36,37)/b22-19+,31-27-. The fourth-order valence-corrected chi connectivity index (χ4v) is 5.55. The Bertz CT molecular complexity index is 1640. The van der Waals surface area contributed by atoms with E-state index in [1.165, 1.54) is 11.6 Å². The summed E-state index contributed by atoms with van der Waals surface area (Å²) in [4.78, 5) is 11.3. The van der Waals surface area contributed by atoms with Gasteiger partial charge in [-0.1, -0.05) is 104 Å². The van der Waals surface area contributed by atoms with Crippen molar-refractivity contribution in [2.45, 2.75) is 24.4 Å². The van der Waals surface area contributed by atoms with Crippen molar-refractivity contribution < 1.29 is 26.4 Å². The maximum atomic E-state index is 13.3. The second-order valence-corrected chi connectivity index (χ2v) is 10.5. The average molecular weight is 562 g/mol. The Morgan fingerprint density at radius 3 is 1.85 bits per heavy atom. The molecule has 0 spiro atoms. The van der Waals surface area contributed by atoms with Crippen molar-refractivity contribution in [1.29, 1.82) is 0 Å². The van der Waals surface area contributed by atoms with Crippen LogP contribution in [0.1, 0.15) is 41.2 Å². The van der Waals surface area contributed by atoms with E-state index >= 15 is 0 Å². The van der Waals surface area contributed by atoms with E-state index in [0.717, 1.165) is 53.0 Å². The first-order valence-electron chi connectivity index (χ1n) is 12.5. The summed E-state index contributed by atoms with van der Waals surface area (Å²) in [6, 6.07) is 31.2.